The molecular formula is C17H16FN7O3. The molecule has 0 fully saturated rings. The highest BCUT2D eigenvalue weighted by molar-refractivity contribution is 6.03. The van der Waals surface area contributed by atoms with Gasteiger partial charge in [-0.2, -0.15) is 10.1 Å². The van der Waals surface area contributed by atoms with Crippen LogP contribution in [0.3, 0.4) is 0 Å². The average molecular weight is 385 g/mol. The highest BCUT2D eigenvalue weighted by Gasteiger charge is 2.28. The van der Waals surface area contributed by atoms with Crippen LogP contribution < -0.4 is 22.0 Å². The van der Waals surface area contributed by atoms with E-state index in [0.717, 1.165) is 4.57 Å². The van der Waals surface area contributed by atoms with Crippen molar-refractivity contribution in [3.8, 4) is 0 Å². The van der Waals surface area contributed by atoms with Crippen LogP contribution in [-0.2, 0) is 25.4 Å². The third-order valence-corrected chi connectivity index (χ3v) is 4.59. The molecule has 1 amide bonds. The number of halogens is 1. The number of fused-ring (bicyclic) bond motifs is 3. The number of imidazole rings is 1. The zero-order valence-electron chi connectivity index (χ0n) is 15.1. The van der Waals surface area contributed by atoms with Gasteiger partial charge in [0.25, 0.3) is 5.56 Å². The Hall–Kier alpha value is -3.76. The van der Waals surface area contributed by atoms with Crippen molar-refractivity contribution in [3.05, 3.63) is 56.5 Å². The van der Waals surface area contributed by atoms with Crippen LogP contribution in [0.2, 0.25) is 0 Å². The van der Waals surface area contributed by atoms with Gasteiger partial charge in [0.1, 0.15) is 12.4 Å². The van der Waals surface area contributed by atoms with Crippen LogP contribution in [0.1, 0.15) is 5.56 Å². The second kappa shape index (κ2) is 6.15. The lowest BCUT2D eigenvalue weighted by atomic mass is 10.1. The number of carbonyl (C=O) groups is 1. The summed E-state index contributed by atoms with van der Waals surface area (Å²) in [7, 11) is 2.88. The number of aryl methyl sites for hydroxylation is 1. The Kier molecular flexibility index (Phi) is 3.87. The van der Waals surface area contributed by atoms with Crippen molar-refractivity contribution in [1.82, 2.24) is 18.7 Å². The van der Waals surface area contributed by atoms with Crippen LogP contribution in [0.4, 0.5) is 10.3 Å². The molecule has 11 heteroatoms. The minimum atomic E-state index is -0.649. The SMILES string of the molecule is Cn1c(=O)c2c(nc3n2CC(c2ccc(F)cc2)=NN3CC(N)=O)n(C)c1=O. The summed E-state index contributed by atoms with van der Waals surface area (Å²) in [6.07, 6.45) is 0. The fourth-order valence-corrected chi connectivity index (χ4v) is 3.20. The Balaban J connectivity index is 1.98. The maximum Gasteiger partial charge on any atom is 0.332 e. The molecule has 0 saturated heterocycles. The number of hydrogen-bond donors (Lipinski definition) is 1. The van der Waals surface area contributed by atoms with Crippen molar-refractivity contribution in [2.75, 3.05) is 11.6 Å². The molecule has 1 aliphatic heterocycles. The van der Waals surface area contributed by atoms with Gasteiger partial charge in [-0.15, -0.1) is 0 Å². The lowest BCUT2D eigenvalue weighted by Gasteiger charge is -2.25. The highest BCUT2D eigenvalue weighted by atomic mass is 19.1. The third kappa shape index (κ3) is 2.59. The van der Waals surface area contributed by atoms with E-state index < -0.39 is 23.0 Å². The number of nitrogens with zero attached hydrogens (tertiary/aromatic N) is 6. The minimum Gasteiger partial charge on any atom is -0.368 e. The monoisotopic (exact) mass is 385 g/mol. The maximum atomic E-state index is 13.3. The van der Waals surface area contributed by atoms with Gasteiger partial charge in [0, 0.05) is 14.1 Å². The molecule has 1 aliphatic rings. The van der Waals surface area contributed by atoms with Crippen molar-refractivity contribution >= 4 is 28.7 Å². The standard InChI is InChI=1S/C17H16FN7O3/c1-22-14-13(15(27)23(2)17(22)28)24-7-11(9-3-5-10(18)6-4-9)21-25(8-12(19)26)16(24)20-14/h3-6H,7-8H2,1-2H3,(H2,19,26). The van der Waals surface area contributed by atoms with Gasteiger partial charge in [-0.1, -0.05) is 12.1 Å². The predicted molar refractivity (Wildman–Crippen MR) is 99.7 cm³/mol. The van der Waals surface area contributed by atoms with Crippen LogP contribution in [-0.4, -0.2) is 36.8 Å². The van der Waals surface area contributed by atoms with E-state index >= 15 is 0 Å². The van der Waals surface area contributed by atoms with Gasteiger partial charge >= 0.3 is 5.69 Å². The number of carbonyl (C=O) groups excluding carboxylic acids is 1. The first-order valence-electron chi connectivity index (χ1n) is 8.33. The Labute approximate surface area is 156 Å². The molecule has 0 saturated carbocycles. The van der Waals surface area contributed by atoms with E-state index in [1.54, 1.807) is 16.7 Å². The summed E-state index contributed by atoms with van der Waals surface area (Å²) < 4.78 is 17.1. The summed E-state index contributed by atoms with van der Waals surface area (Å²) >= 11 is 0. The van der Waals surface area contributed by atoms with Crippen LogP contribution in [0.25, 0.3) is 11.2 Å². The molecule has 2 N–H and O–H groups in total. The van der Waals surface area contributed by atoms with Gasteiger partial charge in [-0.25, -0.2) is 14.2 Å². The first-order chi connectivity index (χ1) is 13.3. The molecule has 0 spiro atoms. The molecule has 0 bridgehead atoms. The molecule has 10 nitrogen and oxygen atoms in total. The zero-order chi connectivity index (χ0) is 20.2. The van der Waals surface area contributed by atoms with E-state index in [1.165, 1.54) is 35.8 Å². The number of benzene rings is 1. The average Bonchev–Trinajstić information content (AvgIpc) is 3.05. The van der Waals surface area contributed by atoms with Crippen molar-refractivity contribution < 1.29 is 9.18 Å². The molecule has 3 heterocycles. The van der Waals surface area contributed by atoms with Crippen LogP contribution in [0, 0.1) is 5.82 Å². The second-order valence-corrected chi connectivity index (χ2v) is 6.45. The molecule has 0 aliphatic carbocycles. The molecule has 4 rings (SSSR count). The summed E-state index contributed by atoms with van der Waals surface area (Å²) in [5.74, 6) is -0.825. The predicted octanol–water partition coefficient (Wildman–Crippen LogP) is -0.718. The maximum absolute atomic E-state index is 13.3. The van der Waals surface area contributed by atoms with Gasteiger partial charge in [0.2, 0.25) is 11.9 Å². The Morgan fingerprint density at radius 3 is 2.50 bits per heavy atom. The summed E-state index contributed by atoms with van der Waals surface area (Å²) in [6, 6.07) is 5.68. The summed E-state index contributed by atoms with van der Waals surface area (Å²) in [4.78, 5) is 40.8. The summed E-state index contributed by atoms with van der Waals surface area (Å²) in [5.41, 5.74) is 5.77. The molecular weight excluding hydrogens is 369 g/mol. The quantitative estimate of drug-likeness (QED) is 0.638. The molecule has 2 aromatic heterocycles. The molecule has 144 valence electrons. The second-order valence-electron chi connectivity index (χ2n) is 6.45. The van der Waals surface area contributed by atoms with Crippen LogP contribution >= 0.6 is 0 Å². The van der Waals surface area contributed by atoms with Gasteiger partial charge < -0.3 is 5.73 Å². The topological polar surface area (TPSA) is 121 Å². The van der Waals surface area contributed by atoms with Gasteiger partial charge in [-0.05, 0) is 17.7 Å². The number of hydrogen-bond acceptors (Lipinski definition) is 6. The number of rotatable bonds is 3. The lowest BCUT2D eigenvalue weighted by Crippen LogP contribution is -2.39. The molecule has 1 aromatic carbocycles. The lowest BCUT2D eigenvalue weighted by molar-refractivity contribution is -0.116. The van der Waals surface area contributed by atoms with Crippen molar-refractivity contribution in [1.29, 1.82) is 0 Å². The van der Waals surface area contributed by atoms with E-state index in [1.807, 2.05) is 0 Å². The van der Waals surface area contributed by atoms with E-state index in [9.17, 15) is 18.8 Å². The number of amides is 1. The Morgan fingerprint density at radius 1 is 1.18 bits per heavy atom. The third-order valence-electron chi connectivity index (χ3n) is 4.59. The smallest absolute Gasteiger partial charge is 0.332 e. The summed E-state index contributed by atoms with van der Waals surface area (Å²) in [5, 5.41) is 5.68. The summed E-state index contributed by atoms with van der Waals surface area (Å²) in [6.45, 7) is -0.123. The van der Waals surface area contributed by atoms with Crippen LogP contribution in [0.5, 0.6) is 0 Å². The highest BCUT2D eigenvalue weighted by Crippen LogP contribution is 2.25. The van der Waals surface area contributed by atoms with Crippen molar-refractivity contribution in [2.24, 2.45) is 24.9 Å². The van der Waals surface area contributed by atoms with Crippen LogP contribution in [0.15, 0.2) is 39.0 Å². The normalized spacial score (nSPS) is 13.5. The molecule has 0 unspecified atom stereocenters. The molecule has 28 heavy (non-hydrogen) atoms. The fraction of sp³-hybridized carbons (Fsp3) is 0.235. The first-order valence-corrected chi connectivity index (χ1v) is 8.33. The number of nitrogens with two attached hydrogens (primary N) is 1. The van der Waals surface area contributed by atoms with Crippen molar-refractivity contribution in [3.63, 3.8) is 0 Å². The Bertz CT molecular complexity index is 1270. The van der Waals surface area contributed by atoms with Crippen molar-refractivity contribution in [2.45, 2.75) is 6.54 Å². The zero-order valence-corrected chi connectivity index (χ0v) is 15.1. The Morgan fingerprint density at radius 2 is 1.86 bits per heavy atom. The molecule has 3 aromatic rings. The molecule has 0 radical (unpaired) electrons. The fourth-order valence-electron chi connectivity index (χ4n) is 3.20. The van der Waals surface area contributed by atoms with Gasteiger partial charge in [0.15, 0.2) is 11.2 Å². The first kappa shape index (κ1) is 17.6. The number of primary amides is 1. The van der Waals surface area contributed by atoms with E-state index in [-0.39, 0.29) is 30.2 Å². The number of anilines is 1. The van der Waals surface area contributed by atoms with E-state index in [0.29, 0.717) is 11.3 Å². The van der Waals surface area contributed by atoms with E-state index in [2.05, 4.69) is 10.1 Å². The van der Waals surface area contributed by atoms with E-state index in [4.69, 9.17) is 5.73 Å². The minimum absolute atomic E-state index is 0.153. The number of hydrazone groups is 1. The molecule has 0 atom stereocenters. The number of aromatic nitrogens is 4. The van der Waals surface area contributed by atoms with Gasteiger partial charge in [-0.3, -0.25) is 23.3 Å². The largest absolute Gasteiger partial charge is 0.368 e. The van der Waals surface area contributed by atoms with Gasteiger partial charge in [0.05, 0.1) is 12.3 Å².